The molecule has 0 aromatic carbocycles. The lowest BCUT2D eigenvalue weighted by Gasteiger charge is -2.05. The van der Waals surface area contributed by atoms with E-state index in [9.17, 15) is 0 Å². The van der Waals surface area contributed by atoms with Gasteiger partial charge in [-0.3, -0.25) is 4.68 Å². The number of anilines is 1. The Bertz CT molecular complexity index is 638. The zero-order valence-electron chi connectivity index (χ0n) is 9.41. The molecule has 0 aliphatic rings. The molecule has 0 aliphatic heterocycles. The highest BCUT2D eigenvalue weighted by molar-refractivity contribution is 5.43. The van der Waals surface area contributed by atoms with Gasteiger partial charge in [0, 0.05) is 25.6 Å². The van der Waals surface area contributed by atoms with Crippen LogP contribution in [0, 0.1) is 0 Å². The fourth-order valence-corrected chi connectivity index (χ4v) is 1.67. The highest BCUT2D eigenvalue weighted by atomic mass is 15.3. The van der Waals surface area contributed by atoms with E-state index in [-0.39, 0.29) is 0 Å². The molecule has 0 saturated heterocycles. The maximum Gasteiger partial charge on any atom is 0.153 e. The van der Waals surface area contributed by atoms with Gasteiger partial charge in [0.15, 0.2) is 5.65 Å². The number of aryl methyl sites for hydroxylation is 1. The highest BCUT2D eigenvalue weighted by Crippen LogP contribution is 2.07. The molecule has 3 rings (SSSR count). The Labute approximate surface area is 97.9 Å². The van der Waals surface area contributed by atoms with Crippen molar-refractivity contribution < 1.29 is 0 Å². The third-order valence-electron chi connectivity index (χ3n) is 2.63. The predicted molar refractivity (Wildman–Crippen MR) is 63.5 cm³/mol. The summed E-state index contributed by atoms with van der Waals surface area (Å²) in [5, 5.41) is 11.7. The normalized spacial score (nSPS) is 10.9. The molecule has 0 atom stereocenters. The first-order valence-corrected chi connectivity index (χ1v) is 5.34. The predicted octanol–water partition coefficient (Wildman–Crippen LogP) is 1.07. The van der Waals surface area contributed by atoms with Crippen LogP contribution < -0.4 is 5.32 Å². The molecular weight excluding hydrogens is 216 g/mol. The number of nitrogens with one attached hydrogen (secondary N) is 1. The maximum atomic E-state index is 4.38. The van der Waals surface area contributed by atoms with Crippen LogP contribution in [0.4, 0.5) is 5.82 Å². The van der Waals surface area contributed by atoms with Gasteiger partial charge in [-0.25, -0.2) is 9.50 Å². The number of imidazole rings is 1. The monoisotopic (exact) mass is 228 g/mol. The van der Waals surface area contributed by atoms with Gasteiger partial charge in [0.05, 0.1) is 12.2 Å². The van der Waals surface area contributed by atoms with E-state index in [1.807, 2.05) is 36.1 Å². The Hall–Kier alpha value is -2.37. The standard InChI is InChI=1S/C11H12N6/c1-16-9(4-5-14-16)8-13-10-2-3-11-12-6-7-17(11)15-10/h2-7H,8H2,1H3,(H,13,15). The minimum absolute atomic E-state index is 0.698. The molecule has 86 valence electrons. The smallest absolute Gasteiger partial charge is 0.153 e. The zero-order valence-corrected chi connectivity index (χ0v) is 9.41. The van der Waals surface area contributed by atoms with E-state index in [0.29, 0.717) is 6.54 Å². The number of hydrogen-bond donors (Lipinski definition) is 1. The lowest BCUT2D eigenvalue weighted by atomic mass is 10.4. The minimum Gasteiger partial charge on any atom is -0.363 e. The van der Waals surface area contributed by atoms with Crippen molar-refractivity contribution in [2.75, 3.05) is 5.32 Å². The largest absolute Gasteiger partial charge is 0.363 e. The maximum absolute atomic E-state index is 4.38. The first kappa shape index (κ1) is 9.83. The number of nitrogens with zero attached hydrogens (tertiary/aromatic N) is 5. The van der Waals surface area contributed by atoms with Crippen LogP contribution in [0.15, 0.2) is 36.8 Å². The van der Waals surface area contributed by atoms with Crippen molar-refractivity contribution >= 4 is 11.5 Å². The van der Waals surface area contributed by atoms with Gasteiger partial charge in [0.1, 0.15) is 5.82 Å². The first-order chi connectivity index (χ1) is 8.33. The van der Waals surface area contributed by atoms with Gasteiger partial charge < -0.3 is 5.32 Å². The average Bonchev–Trinajstić information content (AvgIpc) is 2.94. The summed E-state index contributed by atoms with van der Waals surface area (Å²) in [6.45, 7) is 0.698. The van der Waals surface area contributed by atoms with E-state index in [1.54, 1.807) is 16.9 Å². The van der Waals surface area contributed by atoms with E-state index in [0.717, 1.165) is 17.2 Å². The molecular formula is C11H12N6. The van der Waals surface area contributed by atoms with E-state index < -0.39 is 0 Å². The third kappa shape index (κ3) is 1.84. The van der Waals surface area contributed by atoms with E-state index in [2.05, 4.69) is 20.5 Å². The van der Waals surface area contributed by atoms with Gasteiger partial charge in [-0.05, 0) is 18.2 Å². The second-order valence-corrected chi connectivity index (χ2v) is 3.75. The Balaban J connectivity index is 1.78. The average molecular weight is 228 g/mol. The summed E-state index contributed by atoms with van der Waals surface area (Å²) in [6.07, 6.45) is 5.33. The van der Waals surface area contributed by atoms with Crippen LogP contribution >= 0.6 is 0 Å². The van der Waals surface area contributed by atoms with E-state index in [4.69, 9.17) is 0 Å². The van der Waals surface area contributed by atoms with Crippen molar-refractivity contribution in [1.82, 2.24) is 24.4 Å². The number of fused-ring (bicyclic) bond motifs is 1. The van der Waals surface area contributed by atoms with Crippen molar-refractivity contribution in [2.24, 2.45) is 7.05 Å². The molecule has 0 amide bonds. The van der Waals surface area contributed by atoms with Crippen molar-refractivity contribution in [1.29, 1.82) is 0 Å². The van der Waals surface area contributed by atoms with Gasteiger partial charge in [0.2, 0.25) is 0 Å². The molecule has 0 aliphatic carbocycles. The molecule has 0 fully saturated rings. The molecule has 0 unspecified atom stereocenters. The zero-order chi connectivity index (χ0) is 11.7. The molecule has 3 heterocycles. The molecule has 17 heavy (non-hydrogen) atoms. The van der Waals surface area contributed by atoms with Crippen molar-refractivity contribution in [3.63, 3.8) is 0 Å². The molecule has 3 aromatic heterocycles. The molecule has 0 bridgehead atoms. The Morgan fingerprint density at radius 3 is 3.00 bits per heavy atom. The fraction of sp³-hybridized carbons (Fsp3) is 0.182. The van der Waals surface area contributed by atoms with Crippen LogP contribution in [0.3, 0.4) is 0 Å². The molecule has 0 spiro atoms. The Morgan fingerprint density at radius 2 is 2.18 bits per heavy atom. The first-order valence-electron chi connectivity index (χ1n) is 5.34. The lowest BCUT2D eigenvalue weighted by Crippen LogP contribution is -2.07. The summed E-state index contributed by atoms with van der Waals surface area (Å²) in [4.78, 5) is 4.14. The van der Waals surface area contributed by atoms with Gasteiger partial charge in [0.25, 0.3) is 0 Å². The Morgan fingerprint density at radius 1 is 1.24 bits per heavy atom. The summed E-state index contributed by atoms with van der Waals surface area (Å²) < 4.78 is 3.58. The summed E-state index contributed by atoms with van der Waals surface area (Å²) in [6, 6.07) is 5.82. The second-order valence-electron chi connectivity index (χ2n) is 3.75. The summed E-state index contributed by atoms with van der Waals surface area (Å²) >= 11 is 0. The van der Waals surface area contributed by atoms with E-state index in [1.165, 1.54) is 0 Å². The second kappa shape index (κ2) is 3.89. The fourth-order valence-electron chi connectivity index (χ4n) is 1.67. The van der Waals surface area contributed by atoms with Gasteiger partial charge in [-0.1, -0.05) is 0 Å². The van der Waals surface area contributed by atoms with Crippen molar-refractivity contribution in [3.8, 4) is 0 Å². The molecule has 6 nitrogen and oxygen atoms in total. The number of rotatable bonds is 3. The van der Waals surface area contributed by atoms with Crippen molar-refractivity contribution in [2.45, 2.75) is 6.54 Å². The summed E-state index contributed by atoms with van der Waals surface area (Å²) in [5.74, 6) is 0.816. The SMILES string of the molecule is Cn1nccc1CNc1ccc2nccn2n1. The number of aromatic nitrogens is 5. The topological polar surface area (TPSA) is 60.0 Å². The molecule has 1 N–H and O–H groups in total. The van der Waals surface area contributed by atoms with E-state index >= 15 is 0 Å². The number of hydrogen-bond acceptors (Lipinski definition) is 4. The molecule has 6 heteroatoms. The third-order valence-corrected chi connectivity index (χ3v) is 2.63. The molecule has 0 radical (unpaired) electrons. The molecule has 0 saturated carbocycles. The van der Waals surface area contributed by atoms with Gasteiger partial charge in [-0.15, -0.1) is 5.10 Å². The van der Waals surface area contributed by atoms with Crippen LogP contribution in [0.5, 0.6) is 0 Å². The highest BCUT2D eigenvalue weighted by Gasteiger charge is 2.00. The lowest BCUT2D eigenvalue weighted by molar-refractivity contribution is 0.719. The van der Waals surface area contributed by atoms with Crippen LogP contribution in [0.1, 0.15) is 5.69 Å². The van der Waals surface area contributed by atoms with Gasteiger partial charge in [-0.2, -0.15) is 5.10 Å². The van der Waals surface area contributed by atoms with Crippen LogP contribution in [0.2, 0.25) is 0 Å². The van der Waals surface area contributed by atoms with Gasteiger partial charge >= 0.3 is 0 Å². The summed E-state index contributed by atoms with van der Waals surface area (Å²) in [5.41, 5.74) is 1.95. The minimum atomic E-state index is 0.698. The van der Waals surface area contributed by atoms with Crippen LogP contribution in [0.25, 0.3) is 5.65 Å². The van der Waals surface area contributed by atoms with Crippen LogP contribution in [-0.4, -0.2) is 24.4 Å². The summed E-state index contributed by atoms with van der Waals surface area (Å²) in [7, 11) is 1.92. The Kier molecular flexibility index (Phi) is 2.25. The molecule has 3 aromatic rings. The van der Waals surface area contributed by atoms with Crippen LogP contribution in [-0.2, 0) is 13.6 Å². The van der Waals surface area contributed by atoms with Crippen molar-refractivity contribution in [3.05, 3.63) is 42.5 Å². The quantitative estimate of drug-likeness (QED) is 0.728.